The van der Waals surface area contributed by atoms with E-state index in [-0.39, 0.29) is 18.3 Å². The molecule has 1 amide bonds. The minimum atomic E-state index is 0. The zero-order chi connectivity index (χ0) is 12.4. The number of piperazine rings is 1. The summed E-state index contributed by atoms with van der Waals surface area (Å²) >= 11 is 0. The van der Waals surface area contributed by atoms with E-state index in [2.05, 4.69) is 24.3 Å². The third-order valence-electron chi connectivity index (χ3n) is 2.92. The first-order valence-corrected chi connectivity index (χ1v) is 6.00. The van der Waals surface area contributed by atoms with Crippen LogP contribution in [0.5, 0.6) is 0 Å². The Hall–Kier alpha value is -1.07. The van der Waals surface area contributed by atoms with Crippen molar-refractivity contribution < 1.29 is 9.32 Å². The fourth-order valence-corrected chi connectivity index (χ4v) is 2.30. The summed E-state index contributed by atoms with van der Waals surface area (Å²) in [6, 6.07) is 2.51. The molecule has 0 aromatic carbocycles. The van der Waals surface area contributed by atoms with E-state index in [9.17, 15) is 4.79 Å². The van der Waals surface area contributed by atoms with Gasteiger partial charge in [0, 0.05) is 31.2 Å². The van der Waals surface area contributed by atoms with Gasteiger partial charge in [-0.15, -0.1) is 12.4 Å². The Kier molecular flexibility index (Phi) is 5.16. The molecule has 1 saturated heterocycles. The molecule has 18 heavy (non-hydrogen) atoms. The normalized spacial score (nSPS) is 23.6. The predicted octanol–water partition coefficient (Wildman–Crippen LogP) is 1.16. The summed E-state index contributed by atoms with van der Waals surface area (Å²) in [7, 11) is 0. The van der Waals surface area contributed by atoms with Crippen LogP contribution >= 0.6 is 12.4 Å². The highest BCUT2D eigenvalue weighted by Crippen LogP contribution is 2.08. The second kappa shape index (κ2) is 6.20. The molecule has 1 aromatic rings. The average Bonchev–Trinajstić information content (AvgIpc) is 2.62. The van der Waals surface area contributed by atoms with Crippen LogP contribution in [-0.2, 0) is 11.2 Å². The second-order valence-corrected chi connectivity index (χ2v) is 4.87. The van der Waals surface area contributed by atoms with E-state index in [1.807, 2.05) is 17.9 Å². The van der Waals surface area contributed by atoms with Crippen molar-refractivity contribution in [2.45, 2.75) is 39.3 Å². The van der Waals surface area contributed by atoms with Crippen LogP contribution in [-0.4, -0.2) is 41.1 Å². The van der Waals surface area contributed by atoms with Crippen molar-refractivity contribution >= 4 is 18.3 Å². The van der Waals surface area contributed by atoms with Crippen LogP contribution in [0, 0.1) is 6.92 Å². The topological polar surface area (TPSA) is 58.4 Å². The smallest absolute Gasteiger partial charge is 0.228 e. The summed E-state index contributed by atoms with van der Waals surface area (Å²) in [6.07, 6.45) is 0.330. The number of nitrogens with one attached hydrogen (secondary N) is 1. The molecule has 0 aliphatic carbocycles. The lowest BCUT2D eigenvalue weighted by Crippen LogP contribution is -2.56. The number of hydrogen-bond acceptors (Lipinski definition) is 4. The lowest BCUT2D eigenvalue weighted by atomic mass is 10.1. The van der Waals surface area contributed by atoms with E-state index in [4.69, 9.17) is 4.52 Å². The highest BCUT2D eigenvalue weighted by molar-refractivity contribution is 5.85. The molecule has 1 aliphatic heterocycles. The van der Waals surface area contributed by atoms with Gasteiger partial charge >= 0.3 is 0 Å². The molecule has 2 rings (SSSR count). The minimum Gasteiger partial charge on any atom is -0.361 e. The maximum atomic E-state index is 12.1. The van der Waals surface area contributed by atoms with Gasteiger partial charge in [-0.05, 0) is 20.8 Å². The van der Waals surface area contributed by atoms with Crippen molar-refractivity contribution in [3.05, 3.63) is 17.5 Å². The fraction of sp³-hybridized carbons (Fsp3) is 0.667. The first-order valence-electron chi connectivity index (χ1n) is 6.00. The zero-order valence-corrected chi connectivity index (χ0v) is 11.8. The van der Waals surface area contributed by atoms with Crippen LogP contribution in [0.25, 0.3) is 0 Å². The number of amides is 1. The quantitative estimate of drug-likeness (QED) is 0.878. The number of hydrogen-bond donors (Lipinski definition) is 1. The van der Waals surface area contributed by atoms with Crippen molar-refractivity contribution in [2.75, 3.05) is 13.1 Å². The molecular formula is C12H20ClN3O2. The molecule has 1 aliphatic rings. The molecule has 6 heteroatoms. The van der Waals surface area contributed by atoms with Gasteiger partial charge in [0.2, 0.25) is 5.91 Å². The molecule has 0 bridgehead atoms. The summed E-state index contributed by atoms with van der Waals surface area (Å²) in [5.41, 5.74) is 0.714. The lowest BCUT2D eigenvalue weighted by molar-refractivity contribution is -0.132. The number of aromatic nitrogens is 1. The van der Waals surface area contributed by atoms with Gasteiger partial charge < -0.3 is 14.7 Å². The number of aryl methyl sites for hydroxylation is 1. The Balaban J connectivity index is 0.00000162. The summed E-state index contributed by atoms with van der Waals surface area (Å²) in [5.74, 6) is 0.869. The number of rotatable bonds is 2. The van der Waals surface area contributed by atoms with Crippen LogP contribution < -0.4 is 5.32 Å². The average molecular weight is 274 g/mol. The largest absolute Gasteiger partial charge is 0.361 e. The lowest BCUT2D eigenvalue weighted by Gasteiger charge is -2.36. The van der Waals surface area contributed by atoms with Gasteiger partial charge in [-0.1, -0.05) is 5.16 Å². The summed E-state index contributed by atoms with van der Waals surface area (Å²) < 4.78 is 4.96. The van der Waals surface area contributed by atoms with Gasteiger partial charge in [-0.25, -0.2) is 0 Å². The monoisotopic (exact) mass is 273 g/mol. The Morgan fingerprint density at radius 2 is 2.11 bits per heavy atom. The van der Waals surface area contributed by atoms with E-state index < -0.39 is 0 Å². The van der Waals surface area contributed by atoms with Crippen LogP contribution in [0.4, 0.5) is 0 Å². The maximum Gasteiger partial charge on any atom is 0.228 e. The maximum absolute atomic E-state index is 12.1. The Morgan fingerprint density at radius 1 is 1.50 bits per heavy atom. The highest BCUT2D eigenvalue weighted by Gasteiger charge is 2.25. The number of halogens is 1. The molecule has 2 atom stereocenters. The number of carbonyl (C=O) groups is 1. The zero-order valence-electron chi connectivity index (χ0n) is 11.0. The van der Waals surface area contributed by atoms with E-state index in [0.29, 0.717) is 24.2 Å². The van der Waals surface area contributed by atoms with Gasteiger partial charge in [-0.2, -0.15) is 0 Å². The fourth-order valence-electron chi connectivity index (χ4n) is 2.30. The Bertz CT molecular complexity index is 398. The summed E-state index contributed by atoms with van der Waals surface area (Å²) in [5, 5.41) is 7.25. The molecule has 2 unspecified atom stereocenters. The van der Waals surface area contributed by atoms with Crippen LogP contribution in [0.3, 0.4) is 0 Å². The minimum absolute atomic E-state index is 0. The van der Waals surface area contributed by atoms with Crippen molar-refractivity contribution in [2.24, 2.45) is 0 Å². The van der Waals surface area contributed by atoms with Gasteiger partial charge in [0.15, 0.2) is 0 Å². The van der Waals surface area contributed by atoms with Crippen molar-refractivity contribution in [3.8, 4) is 0 Å². The highest BCUT2D eigenvalue weighted by atomic mass is 35.5. The van der Waals surface area contributed by atoms with Crippen molar-refractivity contribution in [3.63, 3.8) is 0 Å². The standard InChI is InChI=1S/C12H19N3O2.ClH/c1-8-6-15(7-9(2)13-8)12(16)5-11-4-10(3)17-14-11;/h4,8-9,13H,5-7H2,1-3H3;1H. The third kappa shape index (κ3) is 3.71. The van der Waals surface area contributed by atoms with E-state index in [1.54, 1.807) is 0 Å². The van der Waals surface area contributed by atoms with Crippen LogP contribution in [0.1, 0.15) is 25.3 Å². The Labute approximate surface area is 113 Å². The third-order valence-corrected chi connectivity index (χ3v) is 2.92. The first kappa shape index (κ1) is 15.0. The Morgan fingerprint density at radius 3 is 2.61 bits per heavy atom. The summed E-state index contributed by atoms with van der Waals surface area (Å²) in [4.78, 5) is 14.0. The molecule has 2 heterocycles. The molecule has 1 aromatic heterocycles. The predicted molar refractivity (Wildman–Crippen MR) is 70.8 cm³/mol. The molecule has 102 valence electrons. The van der Waals surface area contributed by atoms with Gasteiger partial charge in [-0.3, -0.25) is 4.79 Å². The van der Waals surface area contributed by atoms with Crippen LogP contribution in [0.15, 0.2) is 10.6 Å². The molecule has 1 N–H and O–H groups in total. The van der Waals surface area contributed by atoms with E-state index >= 15 is 0 Å². The van der Waals surface area contributed by atoms with Gasteiger partial charge in [0.05, 0.1) is 12.1 Å². The molecule has 0 saturated carbocycles. The van der Waals surface area contributed by atoms with Gasteiger partial charge in [0.1, 0.15) is 5.76 Å². The van der Waals surface area contributed by atoms with Crippen molar-refractivity contribution in [1.82, 2.24) is 15.4 Å². The molecule has 1 fully saturated rings. The molecule has 0 spiro atoms. The van der Waals surface area contributed by atoms with E-state index in [1.165, 1.54) is 0 Å². The second-order valence-electron chi connectivity index (χ2n) is 4.87. The number of nitrogens with zero attached hydrogens (tertiary/aromatic N) is 2. The summed E-state index contributed by atoms with van der Waals surface area (Å²) in [6.45, 7) is 7.54. The van der Waals surface area contributed by atoms with Crippen molar-refractivity contribution in [1.29, 1.82) is 0 Å². The SMILES string of the molecule is Cc1cc(CC(=O)N2CC(C)NC(C)C2)no1.Cl. The molecule has 0 radical (unpaired) electrons. The number of carbonyl (C=O) groups excluding carboxylic acids is 1. The molecule has 5 nitrogen and oxygen atoms in total. The first-order chi connectivity index (χ1) is 8.04. The molecular weight excluding hydrogens is 254 g/mol. The van der Waals surface area contributed by atoms with Crippen LogP contribution in [0.2, 0.25) is 0 Å². The van der Waals surface area contributed by atoms with Gasteiger partial charge in [0.25, 0.3) is 0 Å². The van der Waals surface area contributed by atoms with E-state index in [0.717, 1.165) is 18.8 Å².